The lowest BCUT2D eigenvalue weighted by atomic mass is 10.1. The van der Waals surface area contributed by atoms with Gasteiger partial charge >= 0.3 is 0 Å². The summed E-state index contributed by atoms with van der Waals surface area (Å²) in [6, 6.07) is 11.7. The van der Waals surface area contributed by atoms with E-state index in [1.165, 1.54) is 23.5 Å². The largest absolute Gasteiger partial charge is 0.287 e. The van der Waals surface area contributed by atoms with Gasteiger partial charge in [-0.25, -0.2) is 0 Å². The number of benzene rings is 2. The fraction of sp³-hybridized carbons (Fsp3) is 0.143. The van der Waals surface area contributed by atoms with Crippen LogP contribution in [0.5, 0.6) is 0 Å². The van der Waals surface area contributed by atoms with E-state index in [0.717, 1.165) is 20.6 Å². The maximum absolute atomic E-state index is 11.3. The van der Waals surface area contributed by atoms with E-state index in [4.69, 9.17) is 0 Å². The minimum atomic E-state index is 0.0464. The van der Waals surface area contributed by atoms with Gasteiger partial charge in [0.05, 0.1) is 0 Å². The normalized spacial score (nSPS) is 10.6. The Kier molecular flexibility index (Phi) is 4.09. The Labute approximate surface area is 114 Å². The molecule has 0 heterocycles. The molecule has 2 aromatic rings. The van der Waals surface area contributed by atoms with Crippen LogP contribution in [-0.2, 0) is 9.59 Å². The number of carbonyl (C=O) groups is 2. The molecule has 0 aliphatic rings. The second kappa shape index (κ2) is 5.59. The summed E-state index contributed by atoms with van der Waals surface area (Å²) in [6.07, 6.45) is 0. The highest BCUT2D eigenvalue weighted by molar-refractivity contribution is 8.14. The summed E-state index contributed by atoms with van der Waals surface area (Å²) in [5.74, 6) is 0. The summed E-state index contributed by atoms with van der Waals surface area (Å²) in [6.45, 7) is 3.09. The molecular formula is C14H12O2S2. The topological polar surface area (TPSA) is 34.1 Å². The molecule has 0 aliphatic heterocycles. The Morgan fingerprint density at radius 2 is 1.28 bits per heavy atom. The first-order chi connectivity index (χ1) is 8.58. The van der Waals surface area contributed by atoms with Crippen molar-refractivity contribution in [1.29, 1.82) is 0 Å². The molecule has 0 bridgehead atoms. The summed E-state index contributed by atoms with van der Waals surface area (Å²) in [7, 11) is 0. The van der Waals surface area contributed by atoms with Crippen LogP contribution in [0.4, 0.5) is 0 Å². The fourth-order valence-electron chi connectivity index (χ4n) is 1.75. The smallest absolute Gasteiger partial charge is 0.190 e. The maximum Gasteiger partial charge on any atom is 0.190 e. The third-order valence-electron chi connectivity index (χ3n) is 2.34. The lowest BCUT2D eigenvalue weighted by Crippen LogP contribution is -1.88. The van der Waals surface area contributed by atoms with Crippen molar-refractivity contribution in [2.45, 2.75) is 23.6 Å². The van der Waals surface area contributed by atoms with Gasteiger partial charge in [-0.2, -0.15) is 0 Å². The lowest BCUT2D eigenvalue weighted by Gasteiger charge is -2.08. The van der Waals surface area contributed by atoms with Gasteiger partial charge < -0.3 is 0 Å². The quantitative estimate of drug-likeness (QED) is 0.773. The number of hydrogen-bond acceptors (Lipinski definition) is 4. The van der Waals surface area contributed by atoms with Crippen molar-refractivity contribution in [2.24, 2.45) is 0 Å². The average molecular weight is 276 g/mol. The van der Waals surface area contributed by atoms with Gasteiger partial charge in [-0.15, -0.1) is 0 Å². The number of thioether (sulfide) groups is 2. The van der Waals surface area contributed by atoms with E-state index < -0.39 is 0 Å². The number of carbonyl (C=O) groups excluding carboxylic acids is 2. The maximum atomic E-state index is 11.3. The van der Waals surface area contributed by atoms with E-state index in [2.05, 4.69) is 0 Å². The van der Waals surface area contributed by atoms with E-state index in [-0.39, 0.29) is 10.2 Å². The molecule has 0 radical (unpaired) electrons. The van der Waals surface area contributed by atoms with E-state index >= 15 is 0 Å². The van der Waals surface area contributed by atoms with Crippen molar-refractivity contribution in [3.05, 3.63) is 36.4 Å². The molecule has 2 rings (SSSR count). The highest BCUT2D eigenvalue weighted by Gasteiger charge is 2.10. The molecule has 92 valence electrons. The Hall–Kier alpha value is -1.26. The van der Waals surface area contributed by atoms with Gasteiger partial charge in [-0.1, -0.05) is 47.8 Å². The SMILES string of the molecule is CC(=O)Sc1cccc2cccc(SC(C)=O)c12. The van der Waals surface area contributed by atoms with Gasteiger partial charge in [0, 0.05) is 29.0 Å². The first-order valence-electron chi connectivity index (χ1n) is 5.46. The predicted octanol–water partition coefficient (Wildman–Crippen LogP) is 4.12. The molecule has 0 fully saturated rings. The number of fused-ring (bicyclic) bond motifs is 1. The summed E-state index contributed by atoms with van der Waals surface area (Å²) < 4.78 is 0. The third kappa shape index (κ3) is 2.94. The summed E-state index contributed by atoms with van der Waals surface area (Å²) in [5, 5.41) is 2.13. The van der Waals surface area contributed by atoms with E-state index in [1.54, 1.807) is 13.8 Å². The lowest BCUT2D eigenvalue weighted by molar-refractivity contribution is -0.109. The van der Waals surface area contributed by atoms with Gasteiger partial charge in [0.1, 0.15) is 0 Å². The van der Waals surface area contributed by atoms with Gasteiger partial charge in [-0.3, -0.25) is 9.59 Å². The van der Waals surface area contributed by atoms with Gasteiger partial charge in [-0.05, 0) is 17.5 Å². The molecule has 0 N–H and O–H groups in total. The predicted molar refractivity (Wildman–Crippen MR) is 77.0 cm³/mol. The van der Waals surface area contributed by atoms with Crippen molar-refractivity contribution in [3.63, 3.8) is 0 Å². The van der Waals surface area contributed by atoms with Crippen LogP contribution in [0.1, 0.15) is 13.8 Å². The zero-order chi connectivity index (χ0) is 13.1. The second-order valence-corrected chi connectivity index (χ2v) is 6.24. The molecule has 2 nitrogen and oxygen atoms in total. The highest BCUT2D eigenvalue weighted by atomic mass is 32.2. The van der Waals surface area contributed by atoms with Gasteiger partial charge in [0.25, 0.3) is 0 Å². The van der Waals surface area contributed by atoms with Crippen LogP contribution < -0.4 is 0 Å². The Bertz CT molecular complexity index is 569. The monoisotopic (exact) mass is 276 g/mol. The van der Waals surface area contributed by atoms with E-state index in [0.29, 0.717) is 0 Å². The molecule has 2 aromatic carbocycles. The Morgan fingerprint density at radius 3 is 1.67 bits per heavy atom. The zero-order valence-electron chi connectivity index (χ0n) is 10.1. The molecule has 0 atom stereocenters. The Balaban J connectivity index is 2.63. The standard InChI is InChI=1S/C14H12O2S2/c1-9(15)17-12-7-3-5-11-6-4-8-13(14(11)12)18-10(2)16/h3-8H,1-2H3. The van der Waals surface area contributed by atoms with Crippen molar-refractivity contribution in [2.75, 3.05) is 0 Å². The molecular weight excluding hydrogens is 264 g/mol. The van der Waals surface area contributed by atoms with Crippen molar-refractivity contribution < 1.29 is 9.59 Å². The molecule has 0 spiro atoms. The van der Waals surface area contributed by atoms with Gasteiger partial charge in [0.15, 0.2) is 10.2 Å². The first kappa shape index (κ1) is 13.2. The van der Waals surface area contributed by atoms with Crippen LogP contribution in [0.25, 0.3) is 10.8 Å². The highest BCUT2D eigenvalue weighted by Crippen LogP contribution is 2.35. The minimum absolute atomic E-state index is 0.0464. The molecule has 0 aliphatic carbocycles. The van der Waals surface area contributed by atoms with E-state index in [1.807, 2.05) is 36.4 Å². The molecule has 0 amide bonds. The zero-order valence-corrected chi connectivity index (χ0v) is 11.7. The molecule has 4 heteroatoms. The Morgan fingerprint density at radius 1 is 0.833 bits per heavy atom. The van der Waals surface area contributed by atoms with Crippen molar-refractivity contribution in [1.82, 2.24) is 0 Å². The van der Waals surface area contributed by atoms with Crippen LogP contribution in [-0.4, -0.2) is 10.2 Å². The molecule has 0 aromatic heterocycles. The molecule has 0 saturated heterocycles. The second-order valence-electron chi connectivity index (χ2n) is 3.80. The van der Waals surface area contributed by atoms with Crippen molar-refractivity contribution in [3.8, 4) is 0 Å². The fourth-order valence-corrected chi connectivity index (χ4v) is 3.39. The van der Waals surface area contributed by atoms with Gasteiger partial charge in [0.2, 0.25) is 0 Å². The van der Waals surface area contributed by atoms with Crippen LogP contribution in [0.3, 0.4) is 0 Å². The van der Waals surface area contributed by atoms with E-state index in [9.17, 15) is 9.59 Å². The molecule has 0 unspecified atom stereocenters. The number of rotatable bonds is 2. The van der Waals surface area contributed by atoms with Crippen LogP contribution in [0, 0.1) is 0 Å². The average Bonchev–Trinajstić information content (AvgIpc) is 2.27. The molecule has 18 heavy (non-hydrogen) atoms. The third-order valence-corrected chi connectivity index (χ3v) is 4.03. The summed E-state index contributed by atoms with van der Waals surface area (Å²) >= 11 is 2.41. The number of hydrogen-bond donors (Lipinski definition) is 0. The van der Waals surface area contributed by atoms with Crippen LogP contribution in [0.2, 0.25) is 0 Å². The minimum Gasteiger partial charge on any atom is -0.287 e. The first-order valence-corrected chi connectivity index (χ1v) is 7.10. The molecule has 0 saturated carbocycles. The van der Waals surface area contributed by atoms with Crippen LogP contribution in [0.15, 0.2) is 46.2 Å². The summed E-state index contributed by atoms with van der Waals surface area (Å²) in [5.41, 5.74) is 0. The van der Waals surface area contributed by atoms with Crippen molar-refractivity contribution >= 4 is 44.5 Å². The summed E-state index contributed by atoms with van der Waals surface area (Å²) in [4.78, 5) is 24.4. The van der Waals surface area contributed by atoms with Crippen LogP contribution >= 0.6 is 23.5 Å².